The molecule has 0 atom stereocenters. The second-order valence-corrected chi connectivity index (χ2v) is 6.48. The number of amides is 1. The smallest absolute Gasteiger partial charge is 0.275 e. The molecule has 25 heavy (non-hydrogen) atoms. The van der Waals surface area contributed by atoms with Crippen LogP contribution in [0.2, 0.25) is 0 Å². The highest BCUT2D eigenvalue weighted by Crippen LogP contribution is 2.24. The molecule has 126 valence electrons. The lowest BCUT2D eigenvalue weighted by Gasteiger charge is -2.10. The van der Waals surface area contributed by atoms with Gasteiger partial charge in [-0.05, 0) is 55.5 Å². The predicted octanol–water partition coefficient (Wildman–Crippen LogP) is 2.83. The van der Waals surface area contributed by atoms with Gasteiger partial charge in [-0.1, -0.05) is 24.3 Å². The van der Waals surface area contributed by atoms with Crippen LogP contribution >= 0.6 is 0 Å². The van der Waals surface area contributed by atoms with Gasteiger partial charge in [-0.25, -0.2) is 4.68 Å². The zero-order valence-electron chi connectivity index (χ0n) is 14.1. The molecule has 1 amide bonds. The van der Waals surface area contributed by atoms with Gasteiger partial charge in [-0.3, -0.25) is 9.59 Å². The molecule has 3 aromatic rings. The maximum Gasteiger partial charge on any atom is 0.275 e. The SMILES string of the molecule is Cc1nn(CC(=O)Nc2ccc3c(c2)CCC3)c(=O)c2ccccc12. The highest BCUT2D eigenvalue weighted by Gasteiger charge is 2.13. The fourth-order valence-electron chi connectivity index (χ4n) is 3.50. The molecule has 0 spiro atoms. The lowest BCUT2D eigenvalue weighted by Crippen LogP contribution is -2.30. The highest BCUT2D eigenvalue weighted by atomic mass is 16.2. The minimum absolute atomic E-state index is 0.0956. The average molecular weight is 333 g/mol. The summed E-state index contributed by atoms with van der Waals surface area (Å²) in [7, 11) is 0. The molecule has 5 nitrogen and oxygen atoms in total. The number of fused-ring (bicyclic) bond motifs is 2. The van der Waals surface area contributed by atoms with Crippen LogP contribution in [-0.4, -0.2) is 15.7 Å². The van der Waals surface area contributed by atoms with E-state index >= 15 is 0 Å². The summed E-state index contributed by atoms with van der Waals surface area (Å²) in [5.74, 6) is -0.248. The molecule has 0 bridgehead atoms. The van der Waals surface area contributed by atoms with Gasteiger partial charge in [-0.2, -0.15) is 5.10 Å². The number of benzene rings is 2. The van der Waals surface area contributed by atoms with Crippen LogP contribution in [0.25, 0.3) is 10.8 Å². The molecule has 1 aliphatic rings. The number of anilines is 1. The van der Waals surface area contributed by atoms with Crippen molar-refractivity contribution in [3.63, 3.8) is 0 Å². The third-order valence-electron chi connectivity index (χ3n) is 4.73. The summed E-state index contributed by atoms with van der Waals surface area (Å²) in [4.78, 5) is 24.9. The van der Waals surface area contributed by atoms with Crippen molar-refractivity contribution < 1.29 is 4.79 Å². The van der Waals surface area contributed by atoms with Crippen molar-refractivity contribution in [2.45, 2.75) is 32.7 Å². The Balaban J connectivity index is 1.58. The summed E-state index contributed by atoms with van der Waals surface area (Å²) in [6.07, 6.45) is 3.34. The van der Waals surface area contributed by atoms with E-state index in [1.54, 1.807) is 6.07 Å². The van der Waals surface area contributed by atoms with E-state index in [0.29, 0.717) is 5.39 Å². The van der Waals surface area contributed by atoms with E-state index in [9.17, 15) is 9.59 Å². The number of hydrogen-bond donors (Lipinski definition) is 1. The quantitative estimate of drug-likeness (QED) is 0.801. The molecule has 4 rings (SSSR count). The van der Waals surface area contributed by atoms with Crippen molar-refractivity contribution in [1.29, 1.82) is 0 Å². The van der Waals surface area contributed by atoms with Crippen LogP contribution in [-0.2, 0) is 24.2 Å². The van der Waals surface area contributed by atoms with Gasteiger partial charge in [0.15, 0.2) is 0 Å². The van der Waals surface area contributed by atoms with Gasteiger partial charge in [0, 0.05) is 11.1 Å². The number of nitrogens with zero attached hydrogens (tertiary/aromatic N) is 2. The molecular formula is C20H19N3O2. The minimum atomic E-state index is -0.248. The van der Waals surface area contributed by atoms with Crippen LogP contribution in [0.1, 0.15) is 23.2 Å². The zero-order valence-corrected chi connectivity index (χ0v) is 14.1. The lowest BCUT2D eigenvalue weighted by atomic mass is 10.1. The number of nitrogens with one attached hydrogen (secondary N) is 1. The summed E-state index contributed by atoms with van der Waals surface area (Å²) in [6, 6.07) is 13.4. The number of rotatable bonds is 3. The normalized spacial score (nSPS) is 13.0. The minimum Gasteiger partial charge on any atom is -0.324 e. The Morgan fingerprint density at radius 1 is 1.12 bits per heavy atom. The molecule has 0 saturated heterocycles. The standard InChI is InChI=1S/C20H19N3O2/c1-13-17-7-2-3-8-18(17)20(25)23(22-13)12-19(24)21-16-10-9-14-5-4-6-15(14)11-16/h2-3,7-11H,4-6,12H2,1H3,(H,21,24). The van der Waals surface area contributed by atoms with Gasteiger partial charge in [0.2, 0.25) is 5.91 Å². The predicted molar refractivity (Wildman–Crippen MR) is 97.8 cm³/mol. The lowest BCUT2D eigenvalue weighted by molar-refractivity contribution is -0.117. The third kappa shape index (κ3) is 2.93. The Hall–Kier alpha value is -2.95. The summed E-state index contributed by atoms with van der Waals surface area (Å²) in [5.41, 5.74) is 3.93. The monoisotopic (exact) mass is 333 g/mol. The fraction of sp³-hybridized carbons (Fsp3) is 0.250. The first kappa shape index (κ1) is 15.6. The fourth-order valence-corrected chi connectivity index (χ4v) is 3.50. The van der Waals surface area contributed by atoms with E-state index in [2.05, 4.69) is 16.5 Å². The van der Waals surface area contributed by atoms with Crippen molar-refractivity contribution in [3.05, 3.63) is 69.6 Å². The number of carbonyl (C=O) groups is 1. The first-order chi connectivity index (χ1) is 12.1. The average Bonchev–Trinajstić information content (AvgIpc) is 3.07. The van der Waals surface area contributed by atoms with Crippen molar-refractivity contribution in [1.82, 2.24) is 9.78 Å². The first-order valence-corrected chi connectivity index (χ1v) is 8.50. The van der Waals surface area contributed by atoms with Crippen molar-refractivity contribution in [2.75, 3.05) is 5.32 Å². The number of aryl methyl sites for hydroxylation is 3. The van der Waals surface area contributed by atoms with Gasteiger partial charge < -0.3 is 5.32 Å². The highest BCUT2D eigenvalue weighted by molar-refractivity contribution is 5.91. The van der Waals surface area contributed by atoms with E-state index in [0.717, 1.165) is 29.6 Å². The maximum absolute atomic E-state index is 12.5. The number of aromatic nitrogens is 2. The van der Waals surface area contributed by atoms with Gasteiger partial charge in [0.1, 0.15) is 6.54 Å². The van der Waals surface area contributed by atoms with Crippen LogP contribution < -0.4 is 10.9 Å². The molecule has 0 fully saturated rings. The van der Waals surface area contributed by atoms with Crippen molar-refractivity contribution in [3.8, 4) is 0 Å². The van der Waals surface area contributed by atoms with Crippen LogP contribution in [0.15, 0.2) is 47.3 Å². The first-order valence-electron chi connectivity index (χ1n) is 8.50. The van der Waals surface area contributed by atoms with E-state index in [-0.39, 0.29) is 18.0 Å². The van der Waals surface area contributed by atoms with Gasteiger partial charge in [0.05, 0.1) is 11.1 Å². The molecular weight excluding hydrogens is 314 g/mol. The third-order valence-corrected chi connectivity index (χ3v) is 4.73. The van der Waals surface area contributed by atoms with E-state index in [1.807, 2.05) is 37.3 Å². The molecule has 1 heterocycles. The molecule has 0 unspecified atom stereocenters. The Morgan fingerprint density at radius 2 is 1.88 bits per heavy atom. The Bertz CT molecular complexity index is 1040. The molecule has 0 aliphatic heterocycles. The summed E-state index contributed by atoms with van der Waals surface area (Å²) in [6.45, 7) is 1.75. The Kier molecular flexibility index (Phi) is 3.84. The van der Waals surface area contributed by atoms with Gasteiger partial charge in [0.25, 0.3) is 5.56 Å². The maximum atomic E-state index is 12.5. The number of hydrogen-bond acceptors (Lipinski definition) is 3. The largest absolute Gasteiger partial charge is 0.324 e. The molecule has 0 radical (unpaired) electrons. The summed E-state index contributed by atoms with van der Waals surface area (Å²) >= 11 is 0. The van der Waals surface area contributed by atoms with Crippen molar-refractivity contribution >= 4 is 22.4 Å². The second-order valence-electron chi connectivity index (χ2n) is 6.48. The Labute approximate surface area is 145 Å². The van der Waals surface area contributed by atoms with E-state index < -0.39 is 0 Å². The summed E-state index contributed by atoms with van der Waals surface area (Å²) in [5, 5.41) is 8.57. The van der Waals surface area contributed by atoms with Crippen molar-refractivity contribution in [2.24, 2.45) is 0 Å². The van der Waals surface area contributed by atoms with Crippen LogP contribution in [0.4, 0.5) is 5.69 Å². The molecule has 0 saturated carbocycles. The molecule has 1 N–H and O–H groups in total. The Morgan fingerprint density at radius 3 is 2.72 bits per heavy atom. The van der Waals surface area contributed by atoms with Crippen LogP contribution in [0.3, 0.4) is 0 Å². The zero-order chi connectivity index (χ0) is 17.4. The second kappa shape index (κ2) is 6.16. The van der Waals surface area contributed by atoms with E-state index in [1.165, 1.54) is 22.2 Å². The topological polar surface area (TPSA) is 64.0 Å². The van der Waals surface area contributed by atoms with Crippen LogP contribution in [0.5, 0.6) is 0 Å². The van der Waals surface area contributed by atoms with Gasteiger partial charge in [-0.15, -0.1) is 0 Å². The molecule has 2 aromatic carbocycles. The molecule has 5 heteroatoms. The summed E-state index contributed by atoms with van der Waals surface area (Å²) < 4.78 is 1.24. The number of carbonyl (C=O) groups excluding carboxylic acids is 1. The molecule has 1 aliphatic carbocycles. The molecule has 1 aromatic heterocycles. The van der Waals surface area contributed by atoms with Gasteiger partial charge >= 0.3 is 0 Å². The van der Waals surface area contributed by atoms with E-state index in [4.69, 9.17) is 0 Å². The van der Waals surface area contributed by atoms with Crippen LogP contribution in [0, 0.1) is 6.92 Å².